The molecule has 1 heterocycles. The van der Waals surface area contributed by atoms with Crippen LogP contribution in [0.4, 0.5) is 0 Å². The third-order valence-corrected chi connectivity index (χ3v) is 7.80. The molecule has 8 nitrogen and oxygen atoms in total. The van der Waals surface area contributed by atoms with E-state index in [9.17, 15) is 14.6 Å². The molecule has 1 aliphatic rings. The normalized spacial score (nSPS) is 18.1. The Balaban J connectivity index is 1.91. The molecule has 1 amide bonds. The van der Waals surface area contributed by atoms with Crippen LogP contribution in [0.5, 0.6) is 5.75 Å². The molecular formula is C22H29N2O6P. The second-order valence-electron chi connectivity index (χ2n) is 7.04. The van der Waals surface area contributed by atoms with Gasteiger partial charge in [-0.1, -0.05) is 24.3 Å². The number of ether oxygens (including phenoxy) is 2. The van der Waals surface area contributed by atoms with Gasteiger partial charge in [-0.05, 0) is 55.7 Å². The summed E-state index contributed by atoms with van der Waals surface area (Å²) in [6.45, 7) is 5.67. The highest BCUT2D eigenvalue weighted by molar-refractivity contribution is 7.64. The molecule has 0 aliphatic carbocycles. The minimum absolute atomic E-state index is 0.204. The van der Waals surface area contributed by atoms with E-state index < -0.39 is 19.5 Å². The summed E-state index contributed by atoms with van der Waals surface area (Å²) in [4.78, 5) is 12.5. The topological polar surface area (TPSA) is 97.3 Å². The van der Waals surface area contributed by atoms with Gasteiger partial charge in [0.25, 0.3) is 5.91 Å². The van der Waals surface area contributed by atoms with Crippen molar-refractivity contribution in [1.29, 1.82) is 0 Å². The lowest BCUT2D eigenvalue weighted by Gasteiger charge is -2.39. The van der Waals surface area contributed by atoms with Gasteiger partial charge in [0.1, 0.15) is 18.4 Å². The van der Waals surface area contributed by atoms with E-state index in [-0.39, 0.29) is 13.2 Å². The molecule has 0 radical (unpaired) electrons. The summed E-state index contributed by atoms with van der Waals surface area (Å²) < 4.78 is 32.5. The van der Waals surface area contributed by atoms with Crippen LogP contribution < -0.4 is 15.5 Å². The number of nitrogens with zero attached hydrogens (tertiary/aromatic N) is 1. The minimum Gasteiger partial charge on any atom is -0.491 e. The molecule has 0 unspecified atom stereocenters. The molecule has 0 aromatic heterocycles. The molecule has 0 bridgehead atoms. The summed E-state index contributed by atoms with van der Waals surface area (Å²) in [5.74, 6) is 0.00505. The maximum absolute atomic E-state index is 14.2. The largest absolute Gasteiger partial charge is 0.491 e. The summed E-state index contributed by atoms with van der Waals surface area (Å²) in [6, 6.07) is 13.7. The Kier molecular flexibility index (Phi) is 8.23. The average Bonchev–Trinajstić information content (AvgIpc) is 2.81. The highest BCUT2D eigenvalue weighted by atomic mass is 31.2. The van der Waals surface area contributed by atoms with Crippen LogP contribution in [0.1, 0.15) is 25.0 Å². The van der Waals surface area contributed by atoms with E-state index >= 15 is 0 Å². The van der Waals surface area contributed by atoms with Crippen LogP contribution in [-0.4, -0.2) is 48.3 Å². The van der Waals surface area contributed by atoms with Gasteiger partial charge in [0.15, 0.2) is 0 Å². The van der Waals surface area contributed by atoms with E-state index in [1.165, 1.54) is 0 Å². The lowest BCUT2D eigenvalue weighted by atomic mass is 9.95. The number of nitrogens with one attached hydrogen (secondary N) is 1. The highest BCUT2D eigenvalue weighted by Crippen LogP contribution is 2.53. The molecule has 0 saturated heterocycles. The first-order chi connectivity index (χ1) is 15.0. The Morgan fingerprint density at radius 2 is 1.81 bits per heavy atom. The van der Waals surface area contributed by atoms with E-state index in [0.29, 0.717) is 37.3 Å². The predicted octanol–water partition coefficient (Wildman–Crippen LogP) is 2.89. The van der Waals surface area contributed by atoms with E-state index in [1.54, 1.807) is 41.3 Å². The van der Waals surface area contributed by atoms with Crippen LogP contribution in [0.2, 0.25) is 0 Å². The van der Waals surface area contributed by atoms with Gasteiger partial charge in [-0.15, -0.1) is 0 Å². The summed E-state index contributed by atoms with van der Waals surface area (Å²) in [5, 5.41) is 9.75. The Bertz CT molecular complexity index is 920. The third kappa shape index (κ3) is 5.34. The minimum atomic E-state index is -3.60. The fourth-order valence-electron chi connectivity index (χ4n) is 3.65. The molecule has 168 valence electrons. The van der Waals surface area contributed by atoms with Crippen LogP contribution in [0.15, 0.2) is 48.5 Å². The molecule has 2 atom stereocenters. The molecule has 3 rings (SSSR count). The summed E-state index contributed by atoms with van der Waals surface area (Å²) in [5.41, 5.74) is 3.67. The standard InChI is InChI=1S/C22H29N2O6P/c1-3-28-13-14-29-19-9-11-20(12-10-19)31(27,30-4-2)24-16-18-8-6-5-7-17(18)15-21(24)22(25)23-26/h5-12,21,26H,3-4,13-16H2,1-2H3,(H,23,25)/t21-,31+/m1/s1. The van der Waals surface area contributed by atoms with E-state index in [2.05, 4.69) is 0 Å². The highest BCUT2D eigenvalue weighted by Gasteiger charge is 2.44. The number of carbonyl (C=O) groups is 1. The SMILES string of the molecule is CCOCCOc1ccc([P@](=O)(OCC)N2Cc3ccccc3C[C@@H]2C(=O)NO)cc1. The molecule has 0 spiro atoms. The number of hydroxylamine groups is 1. The van der Waals surface area contributed by atoms with Crippen molar-refractivity contribution < 1.29 is 28.6 Å². The van der Waals surface area contributed by atoms with E-state index in [1.807, 2.05) is 31.2 Å². The van der Waals surface area contributed by atoms with Gasteiger partial charge < -0.3 is 14.0 Å². The predicted molar refractivity (Wildman–Crippen MR) is 117 cm³/mol. The zero-order chi connectivity index (χ0) is 22.3. The second-order valence-corrected chi connectivity index (χ2v) is 9.37. The molecular weight excluding hydrogens is 419 g/mol. The zero-order valence-electron chi connectivity index (χ0n) is 17.8. The lowest BCUT2D eigenvalue weighted by molar-refractivity contribution is -0.133. The van der Waals surface area contributed by atoms with Crippen molar-refractivity contribution in [1.82, 2.24) is 10.2 Å². The van der Waals surface area contributed by atoms with Crippen molar-refractivity contribution in [2.75, 3.05) is 26.4 Å². The van der Waals surface area contributed by atoms with Crippen LogP contribution in [0.25, 0.3) is 0 Å². The maximum Gasteiger partial charge on any atom is 0.303 e. The first-order valence-electron chi connectivity index (χ1n) is 10.4. The quantitative estimate of drug-likeness (QED) is 0.250. The molecule has 9 heteroatoms. The lowest BCUT2D eigenvalue weighted by Crippen LogP contribution is -2.49. The molecule has 31 heavy (non-hydrogen) atoms. The molecule has 2 aromatic rings. The molecule has 0 fully saturated rings. The fourth-order valence-corrected chi connectivity index (χ4v) is 6.02. The first-order valence-corrected chi connectivity index (χ1v) is 11.9. The smallest absolute Gasteiger partial charge is 0.303 e. The Labute approximate surface area is 182 Å². The summed E-state index contributed by atoms with van der Waals surface area (Å²) in [6.07, 6.45) is 0.318. The van der Waals surface area contributed by atoms with Crippen molar-refractivity contribution >= 4 is 18.7 Å². The van der Waals surface area contributed by atoms with Gasteiger partial charge in [-0.25, -0.2) is 10.2 Å². The number of carbonyl (C=O) groups excluding carboxylic acids is 1. The number of rotatable bonds is 10. The number of hydrogen-bond donors (Lipinski definition) is 2. The monoisotopic (exact) mass is 448 g/mol. The molecule has 0 saturated carbocycles. The van der Waals surface area contributed by atoms with Crippen LogP contribution in [0, 0.1) is 0 Å². The van der Waals surface area contributed by atoms with Crippen LogP contribution in [0.3, 0.4) is 0 Å². The number of amides is 1. The van der Waals surface area contributed by atoms with Crippen molar-refractivity contribution in [2.24, 2.45) is 0 Å². The van der Waals surface area contributed by atoms with Crippen molar-refractivity contribution in [3.8, 4) is 5.75 Å². The summed E-state index contributed by atoms with van der Waals surface area (Å²) in [7, 11) is -3.60. The van der Waals surface area contributed by atoms with Gasteiger partial charge in [-0.2, -0.15) is 0 Å². The van der Waals surface area contributed by atoms with Gasteiger partial charge in [0.05, 0.1) is 18.5 Å². The van der Waals surface area contributed by atoms with Crippen LogP contribution in [-0.2, 0) is 31.6 Å². The average molecular weight is 448 g/mol. The van der Waals surface area contributed by atoms with Crippen molar-refractivity contribution in [2.45, 2.75) is 32.9 Å². The van der Waals surface area contributed by atoms with Crippen molar-refractivity contribution in [3.05, 3.63) is 59.7 Å². The Hall–Kier alpha value is -2.22. The van der Waals surface area contributed by atoms with Crippen molar-refractivity contribution in [3.63, 3.8) is 0 Å². The molecule has 2 aromatic carbocycles. The van der Waals surface area contributed by atoms with Gasteiger partial charge in [0.2, 0.25) is 0 Å². The van der Waals surface area contributed by atoms with E-state index in [4.69, 9.17) is 14.0 Å². The summed E-state index contributed by atoms with van der Waals surface area (Å²) >= 11 is 0. The van der Waals surface area contributed by atoms with Gasteiger partial charge in [-0.3, -0.25) is 14.6 Å². The number of hydrogen-bond acceptors (Lipinski definition) is 6. The zero-order valence-corrected chi connectivity index (χ0v) is 18.7. The number of fused-ring (bicyclic) bond motifs is 1. The molecule has 2 N–H and O–H groups in total. The van der Waals surface area contributed by atoms with Crippen LogP contribution >= 0.6 is 7.52 Å². The second kappa shape index (κ2) is 10.9. The third-order valence-electron chi connectivity index (χ3n) is 5.14. The van der Waals surface area contributed by atoms with Gasteiger partial charge in [0, 0.05) is 13.2 Å². The first kappa shape index (κ1) is 23.4. The maximum atomic E-state index is 14.2. The Morgan fingerprint density at radius 1 is 1.10 bits per heavy atom. The van der Waals surface area contributed by atoms with E-state index in [0.717, 1.165) is 11.1 Å². The Morgan fingerprint density at radius 3 is 2.45 bits per heavy atom. The van der Waals surface area contributed by atoms with Gasteiger partial charge >= 0.3 is 7.52 Å². The number of benzene rings is 2. The fraction of sp³-hybridized carbons (Fsp3) is 0.409. The molecule has 1 aliphatic heterocycles.